The fraction of sp³-hybridized carbons (Fsp3) is 0.353. The minimum absolute atomic E-state index is 0.0998. The molecule has 0 saturated carbocycles. The van der Waals surface area contributed by atoms with Crippen molar-refractivity contribution < 1.29 is 9.21 Å². The zero-order chi connectivity index (χ0) is 14.5. The molecule has 1 aliphatic heterocycles. The maximum absolute atomic E-state index is 12.0. The van der Waals surface area contributed by atoms with E-state index < -0.39 is 0 Å². The first-order valence-electron chi connectivity index (χ1n) is 7.48. The number of hydrogen-bond acceptors (Lipinski definition) is 3. The van der Waals surface area contributed by atoms with Crippen LogP contribution in [0.15, 0.2) is 47.3 Å². The van der Waals surface area contributed by atoms with E-state index in [9.17, 15) is 4.79 Å². The van der Waals surface area contributed by atoms with Gasteiger partial charge < -0.3 is 14.6 Å². The number of para-hydroxylation sites is 1. The van der Waals surface area contributed by atoms with Gasteiger partial charge in [-0.05, 0) is 37.0 Å². The Morgan fingerprint density at radius 3 is 2.71 bits per heavy atom. The van der Waals surface area contributed by atoms with Gasteiger partial charge in [0, 0.05) is 25.3 Å². The summed E-state index contributed by atoms with van der Waals surface area (Å²) in [7, 11) is 0. The Balaban J connectivity index is 1.69. The van der Waals surface area contributed by atoms with Crippen molar-refractivity contribution in [3.63, 3.8) is 0 Å². The Kier molecular flexibility index (Phi) is 4.24. The molecule has 0 unspecified atom stereocenters. The lowest BCUT2D eigenvalue weighted by Gasteiger charge is -2.30. The highest BCUT2D eigenvalue weighted by Gasteiger charge is 2.14. The number of nitrogens with zero attached hydrogens (tertiary/aromatic N) is 1. The number of carbonyl (C=O) groups excluding carboxylic acids is 1. The second kappa shape index (κ2) is 6.48. The number of piperidine rings is 1. The fourth-order valence-electron chi connectivity index (χ4n) is 2.77. The van der Waals surface area contributed by atoms with Crippen molar-refractivity contribution in [1.29, 1.82) is 0 Å². The number of furan rings is 1. The largest absolute Gasteiger partial charge is 0.472 e. The second-order valence-electron chi connectivity index (χ2n) is 5.37. The number of carbonyl (C=O) groups is 1. The minimum Gasteiger partial charge on any atom is -0.472 e. The maximum atomic E-state index is 12.0. The van der Waals surface area contributed by atoms with Crippen LogP contribution in [-0.2, 0) is 6.54 Å². The Bertz CT molecular complexity index is 587. The molecule has 1 saturated heterocycles. The van der Waals surface area contributed by atoms with E-state index in [2.05, 4.69) is 28.4 Å². The van der Waals surface area contributed by atoms with Crippen LogP contribution in [0.1, 0.15) is 35.2 Å². The van der Waals surface area contributed by atoms with Gasteiger partial charge in [0.1, 0.15) is 6.26 Å². The molecule has 1 amide bonds. The van der Waals surface area contributed by atoms with E-state index in [0.29, 0.717) is 12.1 Å². The first-order valence-corrected chi connectivity index (χ1v) is 7.48. The third-order valence-corrected chi connectivity index (χ3v) is 3.91. The zero-order valence-electron chi connectivity index (χ0n) is 12.0. The zero-order valence-corrected chi connectivity index (χ0v) is 12.0. The van der Waals surface area contributed by atoms with E-state index in [1.165, 1.54) is 37.5 Å². The van der Waals surface area contributed by atoms with Crippen LogP contribution in [0.4, 0.5) is 5.69 Å². The van der Waals surface area contributed by atoms with Crippen LogP contribution < -0.4 is 10.2 Å². The molecule has 4 nitrogen and oxygen atoms in total. The van der Waals surface area contributed by atoms with Gasteiger partial charge in [-0.1, -0.05) is 18.2 Å². The Morgan fingerprint density at radius 2 is 1.95 bits per heavy atom. The average molecular weight is 284 g/mol. The van der Waals surface area contributed by atoms with E-state index in [-0.39, 0.29) is 5.91 Å². The SMILES string of the molecule is O=C(NCc1ccccc1N1CCCCC1)c1ccoc1. The molecule has 1 aromatic heterocycles. The topological polar surface area (TPSA) is 45.5 Å². The maximum Gasteiger partial charge on any atom is 0.254 e. The van der Waals surface area contributed by atoms with Crippen LogP contribution >= 0.6 is 0 Å². The van der Waals surface area contributed by atoms with Crippen molar-refractivity contribution in [2.75, 3.05) is 18.0 Å². The highest BCUT2D eigenvalue weighted by Crippen LogP contribution is 2.24. The van der Waals surface area contributed by atoms with Crippen LogP contribution in [0.3, 0.4) is 0 Å². The highest BCUT2D eigenvalue weighted by atomic mass is 16.3. The van der Waals surface area contributed by atoms with Crippen molar-refractivity contribution in [3.8, 4) is 0 Å². The standard InChI is InChI=1S/C17H20N2O2/c20-17(15-8-11-21-13-15)18-12-14-6-2-3-7-16(14)19-9-4-1-5-10-19/h2-3,6-8,11,13H,1,4-5,9-10,12H2,(H,18,20). The third-order valence-electron chi connectivity index (χ3n) is 3.91. The lowest BCUT2D eigenvalue weighted by molar-refractivity contribution is 0.0950. The third kappa shape index (κ3) is 3.27. The molecular formula is C17H20N2O2. The Hall–Kier alpha value is -2.23. The van der Waals surface area contributed by atoms with Gasteiger partial charge in [0.15, 0.2) is 0 Å². The van der Waals surface area contributed by atoms with Crippen molar-refractivity contribution in [1.82, 2.24) is 5.32 Å². The normalized spacial score (nSPS) is 15.0. The molecule has 2 heterocycles. The van der Waals surface area contributed by atoms with Gasteiger partial charge in [-0.3, -0.25) is 4.79 Å². The number of benzene rings is 1. The molecule has 1 fully saturated rings. The fourth-order valence-corrected chi connectivity index (χ4v) is 2.77. The van der Waals surface area contributed by atoms with Crippen molar-refractivity contribution in [2.45, 2.75) is 25.8 Å². The van der Waals surface area contributed by atoms with Gasteiger partial charge in [-0.2, -0.15) is 0 Å². The molecule has 3 rings (SSSR count). The quantitative estimate of drug-likeness (QED) is 0.937. The van der Waals surface area contributed by atoms with E-state index in [4.69, 9.17) is 4.42 Å². The Labute approximate surface area is 124 Å². The summed E-state index contributed by atoms with van der Waals surface area (Å²) in [4.78, 5) is 14.4. The molecule has 1 aromatic carbocycles. The summed E-state index contributed by atoms with van der Waals surface area (Å²) >= 11 is 0. The van der Waals surface area contributed by atoms with Crippen LogP contribution in [0, 0.1) is 0 Å². The first kappa shape index (κ1) is 13.7. The number of rotatable bonds is 4. The number of nitrogens with one attached hydrogen (secondary N) is 1. The van der Waals surface area contributed by atoms with Gasteiger partial charge in [-0.25, -0.2) is 0 Å². The van der Waals surface area contributed by atoms with Crippen LogP contribution in [0.5, 0.6) is 0 Å². The molecular weight excluding hydrogens is 264 g/mol. The summed E-state index contributed by atoms with van der Waals surface area (Å²) in [6.07, 6.45) is 6.78. The number of amides is 1. The predicted octanol–water partition coefficient (Wildman–Crippen LogP) is 3.20. The molecule has 0 atom stereocenters. The summed E-state index contributed by atoms with van der Waals surface area (Å²) in [5.74, 6) is -0.0998. The Morgan fingerprint density at radius 1 is 1.14 bits per heavy atom. The lowest BCUT2D eigenvalue weighted by Crippen LogP contribution is -2.31. The molecule has 1 N–H and O–H groups in total. The van der Waals surface area contributed by atoms with E-state index in [1.54, 1.807) is 6.07 Å². The molecule has 0 aliphatic carbocycles. The summed E-state index contributed by atoms with van der Waals surface area (Å²) in [5.41, 5.74) is 2.96. The molecule has 110 valence electrons. The van der Waals surface area contributed by atoms with Crippen LogP contribution in [0.25, 0.3) is 0 Å². The van der Waals surface area contributed by atoms with Gasteiger partial charge in [0.25, 0.3) is 5.91 Å². The van der Waals surface area contributed by atoms with E-state index in [1.807, 2.05) is 6.07 Å². The molecule has 4 heteroatoms. The number of hydrogen-bond donors (Lipinski definition) is 1. The van der Waals surface area contributed by atoms with Gasteiger partial charge >= 0.3 is 0 Å². The number of anilines is 1. The molecule has 0 radical (unpaired) electrons. The molecule has 1 aliphatic rings. The lowest BCUT2D eigenvalue weighted by atomic mass is 10.1. The minimum atomic E-state index is -0.0998. The van der Waals surface area contributed by atoms with E-state index >= 15 is 0 Å². The predicted molar refractivity (Wildman–Crippen MR) is 82.4 cm³/mol. The molecule has 21 heavy (non-hydrogen) atoms. The summed E-state index contributed by atoms with van der Waals surface area (Å²) in [6, 6.07) is 9.98. The molecule has 2 aromatic rings. The summed E-state index contributed by atoms with van der Waals surface area (Å²) in [5, 5.41) is 2.96. The van der Waals surface area contributed by atoms with Gasteiger partial charge in [-0.15, -0.1) is 0 Å². The highest BCUT2D eigenvalue weighted by molar-refractivity contribution is 5.93. The summed E-state index contributed by atoms with van der Waals surface area (Å²) in [6.45, 7) is 2.75. The second-order valence-corrected chi connectivity index (χ2v) is 5.37. The van der Waals surface area contributed by atoms with Crippen molar-refractivity contribution in [3.05, 3.63) is 54.0 Å². The van der Waals surface area contributed by atoms with Crippen molar-refractivity contribution in [2.24, 2.45) is 0 Å². The molecule has 0 bridgehead atoms. The van der Waals surface area contributed by atoms with Gasteiger partial charge in [0.05, 0.1) is 11.8 Å². The van der Waals surface area contributed by atoms with Gasteiger partial charge in [0.2, 0.25) is 0 Å². The van der Waals surface area contributed by atoms with Crippen LogP contribution in [0.2, 0.25) is 0 Å². The van der Waals surface area contributed by atoms with Crippen LogP contribution in [-0.4, -0.2) is 19.0 Å². The van der Waals surface area contributed by atoms with Crippen molar-refractivity contribution >= 4 is 11.6 Å². The first-order chi connectivity index (χ1) is 10.3. The average Bonchev–Trinajstić information content (AvgIpc) is 3.08. The summed E-state index contributed by atoms with van der Waals surface area (Å²) < 4.78 is 4.94. The van der Waals surface area contributed by atoms with E-state index in [0.717, 1.165) is 18.7 Å². The molecule has 0 spiro atoms. The smallest absolute Gasteiger partial charge is 0.254 e. The monoisotopic (exact) mass is 284 g/mol.